The molecule has 0 amide bonds. The molecule has 0 saturated carbocycles. The van der Waals surface area contributed by atoms with Gasteiger partial charge in [-0.15, -0.1) is 0 Å². The lowest BCUT2D eigenvalue weighted by molar-refractivity contribution is 0.445. The van der Waals surface area contributed by atoms with Gasteiger partial charge in [0, 0.05) is 40.9 Å². The Kier molecular flexibility index (Phi) is 7.42. The summed E-state index contributed by atoms with van der Waals surface area (Å²) in [7, 11) is 0. The van der Waals surface area contributed by atoms with Crippen LogP contribution in [0.5, 0.6) is 11.8 Å². The molecule has 0 bridgehead atoms. The first-order valence-corrected chi connectivity index (χ1v) is 18.4. The van der Waals surface area contributed by atoms with Crippen LogP contribution >= 0.6 is 0 Å². The minimum Gasteiger partial charge on any atom is -0.421 e. The SMILES string of the molecule is CC(C)(C)c1ccnc(-n2c3ccccc3c3cnc(Oc4ccc5c(n4)-c4cccc(C(C)(C)C)c4C5(c4ccccc4)c4ccccc4)cc32)c1. The molecule has 4 aromatic heterocycles. The van der Waals surface area contributed by atoms with Crippen LogP contribution in [-0.2, 0) is 16.2 Å². The van der Waals surface area contributed by atoms with Crippen LogP contribution < -0.4 is 4.74 Å². The highest BCUT2D eigenvalue weighted by atomic mass is 16.5. The zero-order chi connectivity index (χ0) is 36.5. The van der Waals surface area contributed by atoms with E-state index in [-0.39, 0.29) is 10.8 Å². The second-order valence-electron chi connectivity index (χ2n) is 16.2. The number of fused-ring (bicyclic) bond motifs is 6. The Morgan fingerprint density at radius 3 is 1.98 bits per heavy atom. The summed E-state index contributed by atoms with van der Waals surface area (Å²) in [5.41, 5.74) is 10.8. The van der Waals surface area contributed by atoms with E-state index in [1.165, 1.54) is 27.8 Å². The Bertz CT molecular complexity index is 2620. The molecule has 4 heterocycles. The van der Waals surface area contributed by atoms with E-state index >= 15 is 0 Å². The van der Waals surface area contributed by atoms with Gasteiger partial charge in [-0.2, -0.15) is 0 Å². The number of benzene rings is 4. The standard InChI is InChI=1S/C48H42N4O/c1-46(2,3)33-26-27-49-41(28-33)52-39-23-14-13-20-34(39)36-30-50-43(29-40(36)52)53-42-25-24-38-45(51-42)35-21-15-22-37(47(4,5)6)44(35)48(38,31-16-9-7-10-17-31)32-18-11-8-12-19-32/h7-30H,1-6H3. The average Bonchev–Trinajstić information content (AvgIpc) is 3.65. The number of ether oxygens (including phenoxy) is 1. The quantitative estimate of drug-likeness (QED) is 0.180. The fourth-order valence-electron chi connectivity index (χ4n) is 8.32. The van der Waals surface area contributed by atoms with Crippen molar-refractivity contribution in [2.45, 2.75) is 57.8 Å². The second kappa shape index (κ2) is 12.0. The number of pyridine rings is 3. The van der Waals surface area contributed by atoms with Crippen LogP contribution in [0.4, 0.5) is 0 Å². The van der Waals surface area contributed by atoms with Gasteiger partial charge in [-0.3, -0.25) is 4.57 Å². The predicted molar refractivity (Wildman–Crippen MR) is 215 cm³/mol. The molecule has 5 nitrogen and oxygen atoms in total. The first-order chi connectivity index (χ1) is 25.5. The second-order valence-corrected chi connectivity index (χ2v) is 16.2. The molecule has 1 aliphatic rings. The lowest BCUT2D eigenvalue weighted by atomic mass is 9.64. The third kappa shape index (κ3) is 5.17. The van der Waals surface area contributed by atoms with Crippen molar-refractivity contribution in [2.24, 2.45) is 0 Å². The maximum Gasteiger partial charge on any atom is 0.223 e. The molecule has 0 radical (unpaired) electrons. The summed E-state index contributed by atoms with van der Waals surface area (Å²) in [6.07, 6.45) is 3.81. The number of aromatic nitrogens is 4. The lowest BCUT2D eigenvalue weighted by Crippen LogP contribution is -2.32. The fourth-order valence-corrected chi connectivity index (χ4v) is 8.32. The average molecular weight is 691 g/mol. The molecule has 0 unspecified atom stereocenters. The van der Waals surface area contributed by atoms with Crippen LogP contribution in [0.2, 0.25) is 0 Å². The van der Waals surface area contributed by atoms with Gasteiger partial charge in [0.1, 0.15) is 5.82 Å². The summed E-state index contributed by atoms with van der Waals surface area (Å²) in [6.45, 7) is 13.6. The highest BCUT2D eigenvalue weighted by Crippen LogP contribution is 2.58. The van der Waals surface area contributed by atoms with Crippen molar-refractivity contribution in [2.75, 3.05) is 0 Å². The van der Waals surface area contributed by atoms with Crippen LogP contribution in [-0.4, -0.2) is 19.5 Å². The Morgan fingerprint density at radius 2 is 1.28 bits per heavy atom. The molecule has 0 N–H and O–H groups in total. The largest absolute Gasteiger partial charge is 0.421 e. The lowest BCUT2D eigenvalue weighted by Gasteiger charge is -2.37. The summed E-state index contributed by atoms with van der Waals surface area (Å²) in [5, 5.41) is 2.15. The van der Waals surface area contributed by atoms with Gasteiger partial charge < -0.3 is 4.74 Å². The summed E-state index contributed by atoms with van der Waals surface area (Å²) in [6, 6.07) is 47.3. The molecular weight excluding hydrogens is 649 g/mol. The summed E-state index contributed by atoms with van der Waals surface area (Å²) >= 11 is 0. The van der Waals surface area contributed by atoms with Gasteiger partial charge in [0.25, 0.3) is 0 Å². The van der Waals surface area contributed by atoms with Gasteiger partial charge in [0.2, 0.25) is 11.8 Å². The maximum absolute atomic E-state index is 6.61. The number of nitrogens with zero attached hydrogens (tertiary/aromatic N) is 4. The number of hydrogen-bond donors (Lipinski definition) is 0. The van der Waals surface area contributed by atoms with Crippen LogP contribution in [0.1, 0.15) is 74.9 Å². The molecule has 0 saturated heterocycles. The summed E-state index contributed by atoms with van der Waals surface area (Å²) in [4.78, 5) is 15.0. The van der Waals surface area contributed by atoms with Crippen molar-refractivity contribution in [3.63, 3.8) is 0 Å². The molecule has 4 aromatic carbocycles. The monoisotopic (exact) mass is 690 g/mol. The van der Waals surface area contributed by atoms with E-state index < -0.39 is 5.41 Å². The highest BCUT2D eigenvalue weighted by Gasteiger charge is 2.49. The summed E-state index contributed by atoms with van der Waals surface area (Å²) < 4.78 is 8.82. The molecule has 260 valence electrons. The third-order valence-corrected chi connectivity index (χ3v) is 10.8. The van der Waals surface area contributed by atoms with Crippen LogP contribution in [0.15, 0.2) is 146 Å². The van der Waals surface area contributed by atoms with Gasteiger partial charge in [0.15, 0.2) is 0 Å². The van der Waals surface area contributed by atoms with Crippen molar-refractivity contribution < 1.29 is 4.74 Å². The Labute approximate surface area is 311 Å². The van der Waals surface area contributed by atoms with Crippen molar-refractivity contribution >= 4 is 21.8 Å². The molecule has 9 rings (SSSR count). The van der Waals surface area contributed by atoms with Gasteiger partial charge >= 0.3 is 0 Å². The van der Waals surface area contributed by atoms with Gasteiger partial charge in [-0.25, -0.2) is 15.0 Å². The van der Waals surface area contributed by atoms with Gasteiger partial charge in [0.05, 0.1) is 22.1 Å². The van der Waals surface area contributed by atoms with E-state index in [0.29, 0.717) is 11.8 Å². The Hall–Kier alpha value is -6.07. The number of para-hydroxylation sites is 1. The first-order valence-electron chi connectivity index (χ1n) is 18.4. The summed E-state index contributed by atoms with van der Waals surface area (Å²) in [5.74, 6) is 1.83. The van der Waals surface area contributed by atoms with E-state index in [4.69, 9.17) is 19.7 Å². The van der Waals surface area contributed by atoms with E-state index in [1.807, 2.05) is 24.5 Å². The Balaban J connectivity index is 1.23. The molecule has 0 spiro atoms. The molecule has 0 fully saturated rings. The van der Waals surface area contributed by atoms with E-state index in [2.05, 4.69) is 167 Å². The van der Waals surface area contributed by atoms with Crippen molar-refractivity contribution in [3.05, 3.63) is 179 Å². The molecule has 1 aliphatic carbocycles. The number of hydrogen-bond acceptors (Lipinski definition) is 4. The van der Waals surface area contributed by atoms with Crippen LogP contribution in [0.3, 0.4) is 0 Å². The van der Waals surface area contributed by atoms with Crippen molar-refractivity contribution in [1.29, 1.82) is 0 Å². The Morgan fingerprint density at radius 1 is 0.585 bits per heavy atom. The van der Waals surface area contributed by atoms with Gasteiger partial charge in [-0.1, -0.05) is 139 Å². The smallest absolute Gasteiger partial charge is 0.223 e. The van der Waals surface area contributed by atoms with Gasteiger partial charge in [-0.05, 0) is 68.5 Å². The molecule has 8 aromatic rings. The zero-order valence-electron chi connectivity index (χ0n) is 31.1. The molecule has 0 aliphatic heterocycles. The normalized spacial score (nSPS) is 13.6. The topological polar surface area (TPSA) is 52.8 Å². The molecule has 53 heavy (non-hydrogen) atoms. The van der Waals surface area contributed by atoms with Crippen molar-refractivity contribution in [1.82, 2.24) is 19.5 Å². The minimum absolute atomic E-state index is 0.0175. The highest BCUT2D eigenvalue weighted by molar-refractivity contribution is 6.09. The molecule has 5 heteroatoms. The first kappa shape index (κ1) is 32.8. The minimum atomic E-state index is -0.560. The van der Waals surface area contributed by atoms with E-state index in [1.54, 1.807) is 0 Å². The zero-order valence-corrected chi connectivity index (χ0v) is 31.1. The molecular formula is C48H42N4O. The third-order valence-electron chi connectivity index (χ3n) is 10.8. The fraction of sp³-hybridized carbons (Fsp3) is 0.188. The van der Waals surface area contributed by atoms with E-state index in [0.717, 1.165) is 44.4 Å². The predicted octanol–water partition coefficient (Wildman–Crippen LogP) is 11.7. The number of rotatable bonds is 5. The van der Waals surface area contributed by atoms with Crippen LogP contribution in [0, 0.1) is 0 Å². The maximum atomic E-state index is 6.61. The van der Waals surface area contributed by atoms with E-state index in [9.17, 15) is 0 Å². The van der Waals surface area contributed by atoms with Crippen LogP contribution in [0.25, 0.3) is 38.9 Å². The van der Waals surface area contributed by atoms with Crippen molar-refractivity contribution in [3.8, 4) is 28.8 Å². The molecule has 0 atom stereocenters.